The minimum absolute atomic E-state index is 0.409. The third-order valence-electron chi connectivity index (χ3n) is 3.94. The molecule has 1 unspecified atom stereocenters. The van der Waals surface area contributed by atoms with Gasteiger partial charge < -0.3 is 10.2 Å². The molecule has 0 spiro atoms. The smallest absolute Gasteiger partial charge is 0.0666 e. The monoisotopic (exact) mass is 252 g/mol. The minimum Gasteiger partial charge on any atom is -0.366 e. The number of likely N-dealkylation sites (N-methyl/N-ethyl adjacent to an activating group) is 1. The van der Waals surface area contributed by atoms with E-state index in [9.17, 15) is 0 Å². The van der Waals surface area contributed by atoms with Crippen molar-refractivity contribution in [2.45, 2.75) is 19.5 Å². The molecule has 0 saturated carbocycles. The molecule has 0 saturated heterocycles. The number of hydrogen-bond donors (Lipinski definition) is 1. The van der Waals surface area contributed by atoms with Crippen LogP contribution in [0, 0.1) is 6.92 Å². The molecule has 0 aromatic heterocycles. The van der Waals surface area contributed by atoms with Gasteiger partial charge in [0.25, 0.3) is 0 Å². The second kappa shape index (κ2) is 5.06. The molecule has 1 atom stereocenters. The van der Waals surface area contributed by atoms with E-state index < -0.39 is 0 Å². The maximum atomic E-state index is 3.51. The summed E-state index contributed by atoms with van der Waals surface area (Å²) in [7, 11) is 2.18. The van der Waals surface area contributed by atoms with Crippen LogP contribution >= 0.6 is 0 Å². The molecule has 0 bridgehead atoms. The number of benzene rings is 2. The van der Waals surface area contributed by atoms with E-state index >= 15 is 0 Å². The second-order valence-electron chi connectivity index (χ2n) is 5.30. The first-order valence-corrected chi connectivity index (χ1v) is 6.84. The van der Waals surface area contributed by atoms with Crippen LogP contribution in [0.2, 0.25) is 0 Å². The van der Waals surface area contributed by atoms with E-state index in [2.05, 4.69) is 72.7 Å². The number of aryl methyl sites for hydroxylation is 1. The SMILES string of the molecule is Cc1cccc(N(C)C2CNCc3ccccc32)c1. The molecule has 1 N–H and O–H groups in total. The fraction of sp³-hybridized carbons (Fsp3) is 0.294. The van der Waals surface area contributed by atoms with Crippen molar-refractivity contribution in [2.24, 2.45) is 0 Å². The lowest BCUT2D eigenvalue weighted by Crippen LogP contribution is -2.37. The fourth-order valence-corrected chi connectivity index (χ4v) is 2.85. The van der Waals surface area contributed by atoms with Gasteiger partial charge >= 0.3 is 0 Å². The summed E-state index contributed by atoms with van der Waals surface area (Å²) < 4.78 is 0. The summed E-state index contributed by atoms with van der Waals surface area (Å²) in [6, 6.07) is 17.9. The molecule has 98 valence electrons. The molecule has 19 heavy (non-hydrogen) atoms. The van der Waals surface area contributed by atoms with Crippen LogP contribution in [0.5, 0.6) is 0 Å². The molecule has 0 fully saturated rings. The Morgan fingerprint density at radius 3 is 2.79 bits per heavy atom. The highest BCUT2D eigenvalue weighted by molar-refractivity contribution is 5.51. The number of hydrogen-bond acceptors (Lipinski definition) is 2. The van der Waals surface area contributed by atoms with E-state index in [1.807, 2.05) is 0 Å². The van der Waals surface area contributed by atoms with Gasteiger partial charge in [-0.05, 0) is 35.7 Å². The molecular formula is C17H20N2. The van der Waals surface area contributed by atoms with Gasteiger partial charge in [0, 0.05) is 25.8 Å². The van der Waals surface area contributed by atoms with Gasteiger partial charge in [-0.1, -0.05) is 36.4 Å². The molecule has 3 rings (SSSR count). The normalized spacial score (nSPS) is 17.9. The van der Waals surface area contributed by atoms with Crippen LogP contribution in [-0.4, -0.2) is 13.6 Å². The van der Waals surface area contributed by atoms with Gasteiger partial charge in [0.15, 0.2) is 0 Å². The molecule has 1 aliphatic heterocycles. The summed E-state index contributed by atoms with van der Waals surface area (Å²) in [5.74, 6) is 0. The van der Waals surface area contributed by atoms with Crippen molar-refractivity contribution in [1.82, 2.24) is 5.32 Å². The van der Waals surface area contributed by atoms with Crippen LogP contribution < -0.4 is 10.2 Å². The first-order valence-electron chi connectivity index (χ1n) is 6.84. The van der Waals surface area contributed by atoms with Gasteiger partial charge in [0.2, 0.25) is 0 Å². The maximum Gasteiger partial charge on any atom is 0.0666 e. The van der Waals surface area contributed by atoms with Gasteiger partial charge in [-0.25, -0.2) is 0 Å². The average molecular weight is 252 g/mol. The zero-order chi connectivity index (χ0) is 13.2. The van der Waals surface area contributed by atoms with Crippen LogP contribution in [0.4, 0.5) is 5.69 Å². The lowest BCUT2D eigenvalue weighted by atomic mass is 9.95. The van der Waals surface area contributed by atoms with Crippen molar-refractivity contribution in [2.75, 3.05) is 18.5 Å². The molecule has 0 amide bonds. The molecule has 2 aromatic rings. The third kappa shape index (κ3) is 2.36. The summed E-state index contributed by atoms with van der Waals surface area (Å²) in [4.78, 5) is 2.37. The van der Waals surface area contributed by atoms with E-state index in [0.29, 0.717) is 6.04 Å². The summed E-state index contributed by atoms with van der Waals surface area (Å²) >= 11 is 0. The number of nitrogens with one attached hydrogen (secondary N) is 1. The summed E-state index contributed by atoms with van der Waals surface area (Å²) in [6.45, 7) is 4.13. The Labute approximate surface area is 115 Å². The van der Waals surface area contributed by atoms with Crippen LogP contribution in [0.1, 0.15) is 22.7 Å². The standard InChI is InChI=1S/C17H20N2/c1-13-6-5-8-15(10-13)19(2)17-12-18-11-14-7-3-4-9-16(14)17/h3-10,17-18H,11-12H2,1-2H3. The van der Waals surface area contributed by atoms with Gasteiger partial charge in [-0.15, -0.1) is 0 Å². The molecule has 2 heteroatoms. The van der Waals surface area contributed by atoms with Crippen molar-refractivity contribution in [3.05, 3.63) is 65.2 Å². The zero-order valence-electron chi connectivity index (χ0n) is 11.6. The molecular weight excluding hydrogens is 232 g/mol. The van der Waals surface area contributed by atoms with Crippen molar-refractivity contribution >= 4 is 5.69 Å². The Hall–Kier alpha value is -1.80. The lowest BCUT2D eigenvalue weighted by molar-refractivity contribution is 0.534. The highest BCUT2D eigenvalue weighted by Crippen LogP contribution is 2.30. The highest BCUT2D eigenvalue weighted by Gasteiger charge is 2.23. The zero-order valence-corrected chi connectivity index (χ0v) is 11.6. The molecule has 1 aliphatic rings. The highest BCUT2D eigenvalue weighted by atomic mass is 15.2. The minimum atomic E-state index is 0.409. The average Bonchev–Trinajstić information content (AvgIpc) is 2.46. The predicted octanol–water partition coefficient (Wildman–Crippen LogP) is 3.28. The summed E-state index contributed by atoms with van der Waals surface area (Å²) in [5, 5.41) is 3.51. The van der Waals surface area contributed by atoms with Crippen LogP contribution in [0.3, 0.4) is 0 Å². The van der Waals surface area contributed by atoms with Crippen LogP contribution in [-0.2, 0) is 6.54 Å². The van der Waals surface area contributed by atoms with E-state index in [-0.39, 0.29) is 0 Å². The fourth-order valence-electron chi connectivity index (χ4n) is 2.85. The summed E-state index contributed by atoms with van der Waals surface area (Å²) in [5.41, 5.74) is 5.45. The molecule has 0 radical (unpaired) electrons. The molecule has 0 aliphatic carbocycles. The Bertz CT molecular complexity index is 577. The van der Waals surface area contributed by atoms with Gasteiger partial charge in [0.05, 0.1) is 6.04 Å². The van der Waals surface area contributed by atoms with E-state index in [0.717, 1.165) is 13.1 Å². The number of nitrogens with zero attached hydrogens (tertiary/aromatic N) is 1. The number of anilines is 1. The second-order valence-corrected chi connectivity index (χ2v) is 5.30. The first-order chi connectivity index (χ1) is 9.25. The van der Waals surface area contributed by atoms with E-state index in [1.54, 1.807) is 0 Å². The van der Waals surface area contributed by atoms with E-state index in [1.165, 1.54) is 22.4 Å². The largest absolute Gasteiger partial charge is 0.366 e. The first kappa shape index (κ1) is 12.2. The molecule has 2 nitrogen and oxygen atoms in total. The summed E-state index contributed by atoms with van der Waals surface area (Å²) in [6.07, 6.45) is 0. The van der Waals surface area contributed by atoms with Crippen molar-refractivity contribution in [1.29, 1.82) is 0 Å². The Balaban J connectivity index is 1.95. The Morgan fingerprint density at radius 2 is 1.95 bits per heavy atom. The van der Waals surface area contributed by atoms with Gasteiger partial charge in [0.1, 0.15) is 0 Å². The maximum absolute atomic E-state index is 3.51. The van der Waals surface area contributed by atoms with Crippen molar-refractivity contribution in [3.8, 4) is 0 Å². The molecule has 1 heterocycles. The quantitative estimate of drug-likeness (QED) is 0.882. The van der Waals surface area contributed by atoms with Crippen molar-refractivity contribution in [3.63, 3.8) is 0 Å². The molecule has 2 aromatic carbocycles. The van der Waals surface area contributed by atoms with Crippen LogP contribution in [0.15, 0.2) is 48.5 Å². The van der Waals surface area contributed by atoms with Gasteiger partial charge in [-0.3, -0.25) is 0 Å². The van der Waals surface area contributed by atoms with E-state index in [4.69, 9.17) is 0 Å². The number of fused-ring (bicyclic) bond motifs is 1. The van der Waals surface area contributed by atoms with Gasteiger partial charge in [-0.2, -0.15) is 0 Å². The lowest BCUT2D eigenvalue weighted by Gasteiger charge is -2.35. The number of rotatable bonds is 2. The predicted molar refractivity (Wildman–Crippen MR) is 80.5 cm³/mol. The van der Waals surface area contributed by atoms with Crippen LogP contribution in [0.25, 0.3) is 0 Å². The Kier molecular flexibility index (Phi) is 3.26. The topological polar surface area (TPSA) is 15.3 Å². The van der Waals surface area contributed by atoms with Crippen molar-refractivity contribution < 1.29 is 0 Å². The third-order valence-corrected chi connectivity index (χ3v) is 3.94. The Morgan fingerprint density at radius 1 is 1.11 bits per heavy atom.